The Morgan fingerprint density at radius 3 is 2.53 bits per heavy atom. The quantitative estimate of drug-likeness (QED) is 0.706. The summed E-state index contributed by atoms with van der Waals surface area (Å²) in [5.74, 6) is 0. The van der Waals surface area contributed by atoms with Gasteiger partial charge in [0, 0.05) is 32.4 Å². The van der Waals surface area contributed by atoms with Crippen molar-refractivity contribution in [1.29, 1.82) is 0 Å². The van der Waals surface area contributed by atoms with Crippen LogP contribution in [0.5, 0.6) is 0 Å². The maximum absolute atomic E-state index is 11.7. The van der Waals surface area contributed by atoms with Crippen molar-refractivity contribution in [3.63, 3.8) is 0 Å². The van der Waals surface area contributed by atoms with Crippen LogP contribution >= 0.6 is 0 Å². The van der Waals surface area contributed by atoms with Gasteiger partial charge in [-0.3, -0.25) is 13.9 Å². The van der Waals surface area contributed by atoms with Crippen molar-refractivity contribution in [1.82, 2.24) is 14.0 Å². The standard InChI is InChI=1S/C11H20N4O2/c1-13(6-4-5-12)8-9-7-10(16)15(3)11(17)14(9)2/h7H,4-6,8,12H2,1-3H3. The summed E-state index contributed by atoms with van der Waals surface area (Å²) in [6.45, 7) is 2.06. The summed E-state index contributed by atoms with van der Waals surface area (Å²) in [4.78, 5) is 25.3. The lowest BCUT2D eigenvalue weighted by molar-refractivity contribution is 0.313. The number of rotatable bonds is 5. The van der Waals surface area contributed by atoms with E-state index < -0.39 is 0 Å². The monoisotopic (exact) mass is 240 g/mol. The summed E-state index contributed by atoms with van der Waals surface area (Å²) in [7, 11) is 5.10. The van der Waals surface area contributed by atoms with Gasteiger partial charge in [-0.1, -0.05) is 0 Å². The van der Waals surface area contributed by atoms with Gasteiger partial charge in [0.15, 0.2) is 0 Å². The Bertz CT molecular complexity index is 489. The molecule has 0 saturated heterocycles. The van der Waals surface area contributed by atoms with E-state index in [4.69, 9.17) is 5.73 Å². The Labute approximate surface area is 100 Å². The molecule has 0 atom stereocenters. The average Bonchev–Trinajstić information content (AvgIpc) is 2.30. The molecule has 17 heavy (non-hydrogen) atoms. The van der Waals surface area contributed by atoms with Gasteiger partial charge in [0.25, 0.3) is 5.56 Å². The van der Waals surface area contributed by atoms with Crippen LogP contribution in [0.3, 0.4) is 0 Å². The van der Waals surface area contributed by atoms with Gasteiger partial charge in [-0.05, 0) is 26.6 Å². The molecule has 0 aliphatic carbocycles. The first kappa shape index (κ1) is 13.7. The van der Waals surface area contributed by atoms with Crippen molar-refractivity contribution >= 4 is 0 Å². The summed E-state index contributed by atoms with van der Waals surface area (Å²) in [5, 5.41) is 0. The summed E-state index contributed by atoms with van der Waals surface area (Å²) in [6.07, 6.45) is 0.898. The van der Waals surface area contributed by atoms with E-state index in [1.54, 1.807) is 7.05 Å². The van der Waals surface area contributed by atoms with Crippen molar-refractivity contribution in [3.05, 3.63) is 32.6 Å². The normalized spacial score (nSPS) is 11.1. The molecule has 6 nitrogen and oxygen atoms in total. The number of aromatic nitrogens is 2. The van der Waals surface area contributed by atoms with Crippen LogP contribution in [0.15, 0.2) is 15.7 Å². The molecule has 6 heteroatoms. The fourth-order valence-corrected chi connectivity index (χ4v) is 1.65. The minimum Gasteiger partial charge on any atom is -0.330 e. The molecule has 1 rings (SSSR count). The summed E-state index contributed by atoms with van der Waals surface area (Å²) >= 11 is 0. The molecule has 0 aliphatic rings. The van der Waals surface area contributed by atoms with Gasteiger partial charge < -0.3 is 10.6 Å². The zero-order chi connectivity index (χ0) is 13.0. The van der Waals surface area contributed by atoms with Gasteiger partial charge in [0.05, 0.1) is 0 Å². The van der Waals surface area contributed by atoms with Gasteiger partial charge in [0.1, 0.15) is 0 Å². The van der Waals surface area contributed by atoms with Gasteiger partial charge in [-0.2, -0.15) is 0 Å². The number of nitrogens with two attached hydrogens (primary N) is 1. The zero-order valence-corrected chi connectivity index (χ0v) is 10.6. The summed E-state index contributed by atoms with van der Waals surface area (Å²) in [6, 6.07) is 1.50. The van der Waals surface area contributed by atoms with Crippen molar-refractivity contribution in [2.45, 2.75) is 13.0 Å². The fourth-order valence-electron chi connectivity index (χ4n) is 1.65. The molecular weight excluding hydrogens is 220 g/mol. The van der Waals surface area contributed by atoms with Gasteiger partial charge in [-0.15, -0.1) is 0 Å². The molecule has 0 amide bonds. The van der Waals surface area contributed by atoms with Crippen molar-refractivity contribution in [2.75, 3.05) is 20.1 Å². The number of hydrogen-bond acceptors (Lipinski definition) is 4. The predicted molar refractivity (Wildman–Crippen MR) is 66.9 cm³/mol. The van der Waals surface area contributed by atoms with Crippen LogP contribution in [-0.2, 0) is 20.6 Å². The predicted octanol–water partition coefficient (Wildman–Crippen LogP) is -1.14. The van der Waals surface area contributed by atoms with E-state index in [0.717, 1.165) is 23.2 Å². The first-order chi connectivity index (χ1) is 7.97. The molecule has 0 saturated carbocycles. The van der Waals surface area contributed by atoms with Gasteiger partial charge in [0.2, 0.25) is 0 Å². The Hall–Kier alpha value is -1.40. The smallest absolute Gasteiger partial charge is 0.330 e. The van der Waals surface area contributed by atoms with Gasteiger partial charge in [-0.25, -0.2) is 4.79 Å². The third-order valence-electron chi connectivity index (χ3n) is 2.80. The molecular formula is C11H20N4O2. The highest BCUT2D eigenvalue weighted by atomic mass is 16.2. The lowest BCUT2D eigenvalue weighted by Gasteiger charge is -2.18. The van der Waals surface area contributed by atoms with E-state index in [0.29, 0.717) is 13.1 Å². The molecule has 1 aromatic rings. The lowest BCUT2D eigenvalue weighted by atomic mass is 10.3. The fraction of sp³-hybridized carbons (Fsp3) is 0.636. The minimum atomic E-state index is -0.292. The maximum Gasteiger partial charge on any atom is 0.330 e. The molecule has 0 unspecified atom stereocenters. The van der Waals surface area contributed by atoms with E-state index in [1.165, 1.54) is 17.7 Å². The molecule has 0 fully saturated rings. The maximum atomic E-state index is 11.7. The minimum absolute atomic E-state index is 0.268. The second-order valence-electron chi connectivity index (χ2n) is 4.25. The number of hydrogen-bond donors (Lipinski definition) is 1. The molecule has 96 valence electrons. The largest absolute Gasteiger partial charge is 0.330 e. The van der Waals surface area contributed by atoms with Crippen LogP contribution in [0, 0.1) is 0 Å². The van der Waals surface area contributed by atoms with Crippen LogP contribution in [0.25, 0.3) is 0 Å². The molecule has 1 aromatic heterocycles. The van der Waals surface area contributed by atoms with Crippen LogP contribution in [0.2, 0.25) is 0 Å². The number of nitrogens with zero attached hydrogens (tertiary/aromatic N) is 3. The van der Waals surface area contributed by atoms with Crippen molar-refractivity contribution in [3.8, 4) is 0 Å². The molecule has 2 N–H and O–H groups in total. The van der Waals surface area contributed by atoms with Gasteiger partial charge >= 0.3 is 5.69 Å². The average molecular weight is 240 g/mol. The van der Waals surface area contributed by atoms with E-state index >= 15 is 0 Å². The van der Waals surface area contributed by atoms with Crippen LogP contribution in [-0.4, -0.2) is 34.2 Å². The van der Waals surface area contributed by atoms with Crippen LogP contribution in [0.4, 0.5) is 0 Å². The van der Waals surface area contributed by atoms with E-state index in [2.05, 4.69) is 0 Å². The molecule has 0 aliphatic heterocycles. The zero-order valence-electron chi connectivity index (χ0n) is 10.6. The molecule has 0 spiro atoms. The third-order valence-corrected chi connectivity index (χ3v) is 2.80. The Kier molecular flexibility index (Phi) is 4.65. The first-order valence-electron chi connectivity index (χ1n) is 5.62. The molecule has 1 heterocycles. The highest BCUT2D eigenvalue weighted by molar-refractivity contribution is 5.01. The second kappa shape index (κ2) is 5.79. The third kappa shape index (κ3) is 3.28. The Morgan fingerprint density at radius 1 is 1.29 bits per heavy atom. The summed E-state index contributed by atoms with van der Waals surface area (Å²) < 4.78 is 2.60. The molecule has 0 bridgehead atoms. The van der Waals surface area contributed by atoms with Crippen molar-refractivity contribution in [2.24, 2.45) is 19.8 Å². The summed E-state index contributed by atoms with van der Waals surface area (Å²) in [5.41, 5.74) is 5.59. The van der Waals surface area contributed by atoms with E-state index in [-0.39, 0.29) is 11.2 Å². The van der Waals surface area contributed by atoms with Crippen LogP contribution in [0.1, 0.15) is 12.1 Å². The molecule has 0 aromatic carbocycles. The highest BCUT2D eigenvalue weighted by Crippen LogP contribution is 1.97. The first-order valence-corrected chi connectivity index (χ1v) is 5.62. The Morgan fingerprint density at radius 2 is 1.94 bits per heavy atom. The highest BCUT2D eigenvalue weighted by Gasteiger charge is 2.07. The Balaban J connectivity index is 2.93. The van der Waals surface area contributed by atoms with E-state index in [9.17, 15) is 9.59 Å². The van der Waals surface area contributed by atoms with E-state index in [1.807, 2.05) is 11.9 Å². The SMILES string of the molecule is CN(CCCN)Cc1cc(=O)n(C)c(=O)n1C. The van der Waals surface area contributed by atoms with Crippen LogP contribution < -0.4 is 17.0 Å². The second-order valence-corrected chi connectivity index (χ2v) is 4.25. The van der Waals surface area contributed by atoms with Crippen molar-refractivity contribution < 1.29 is 0 Å². The topological polar surface area (TPSA) is 73.3 Å². The molecule has 0 radical (unpaired) electrons. The lowest BCUT2D eigenvalue weighted by Crippen LogP contribution is -2.39.